The van der Waals surface area contributed by atoms with Gasteiger partial charge in [-0.15, -0.1) is 0 Å². The van der Waals surface area contributed by atoms with E-state index in [9.17, 15) is 9.59 Å². The van der Waals surface area contributed by atoms with Crippen LogP contribution in [0, 0.1) is 13.8 Å². The van der Waals surface area contributed by atoms with E-state index < -0.39 is 0 Å². The van der Waals surface area contributed by atoms with Crippen molar-refractivity contribution in [1.29, 1.82) is 0 Å². The molecule has 9 heteroatoms. The molecule has 0 aliphatic carbocycles. The van der Waals surface area contributed by atoms with Gasteiger partial charge in [0.1, 0.15) is 6.33 Å². The fourth-order valence-corrected chi connectivity index (χ4v) is 4.34. The average Bonchev–Trinajstić information content (AvgIpc) is 3.25. The molecule has 1 aliphatic heterocycles. The fraction of sp³-hybridized carbons (Fsp3) is 0.458. The van der Waals surface area contributed by atoms with Crippen molar-refractivity contribution in [2.45, 2.75) is 59.3 Å². The van der Waals surface area contributed by atoms with Crippen molar-refractivity contribution >= 4 is 17.6 Å². The van der Waals surface area contributed by atoms with E-state index in [0.717, 1.165) is 22.5 Å². The van der Waals surface area contributed by atoms with Crippen molar-refractivity contribution < 1.29 is 14.3 Å². The number of benzene rings is 1. The monoisotopic (exact) mass is 450 g/mol. The summed E-state index contributed by atoms with van der Waals surface area (Å²) in [6.45, 7) is 9.46. The van der Waals surface area contributed by atoms with Gasteiger partial charge in [0.15, 0.2) is 0 Å². The number of ether oxygens (including phenoxy) is 1. The summed E-state index contributed by atoms with van der Waals surface area (Å²) in [5.41, 5.74) is 4.42. The molecule has 1 N–H and O–H groups in total. The second-order valence-corrected chi connectivity index (χ2v) is 8.67. The van der Waals surface area contributed by atoms with Gasteiger partial charge in [0.05, 0.1) is 12.2 Å². The minimum Gasteiger partial charge on any atom is -0.372 e. The van der Waals surface area contributed by atoms with Crippen LogP contribution in [0.5, 0.6) is 0 Å². The topological polar surface area (TPSA) is 102 Å². The Morgan fingerprint density at radius 1 is 1.12 bits per heavy atom. The predicted octanol–water partition coefficient (Wildman–Crippen LogP) is 2.24. The summed E-state index contributed by atoms with van der Waals surface area (Å²) in [6.07, 6.45) is 2.48. The molecule has 0 bridgehead atoms. The largest absolute Gasteiger partial charge is 0.372 e. The van der Waals surface area contributed by atoms with Gasteiger partial charge in [-0.3, -0.25) is 9.59 Å². The van der Waals surface area contributed by atoms with Crippen molar-refractivity contribution in [2.75, 3.05) is 13.1 Å². The summed E-state index contributed by atoms with van der Waals surface area (Å²) in [6, 6.07) is 7.41. The third-order valence-corrected chi connectivity index (χ3v) is 5.99. The lowest BCUT2D eigenvalue weighted by molar-refractivity contribution is -0.121. The summed E-state index contributed by atoms with van der Waals surface area (Å²) in [4.78, 5) is 35.6. The van der Waals surface area contributed by atoms with Crippen molar-refractivity contribution in [1.82, 2.24) is 29.8 Å². The maximum atomic E-state index is 12.8. The van der Waals surface area contributed by atoms with Crippen LogP contribution < -0.4 is 5.32 Å². The molecule has 1 aliphatic rings. The van der Waals surface area contributed by atoms with Crippen LogP contribution in [-0.4, -0.2) is 61.6 Å². The van der Waals surface area contributed by atoms with Gasteiger partial charge < -0.3 is 15.0 Å². The number of aryl methyl sites for hydroxylation is 2. The van der Waals surface area contributed by atoms with Crippen LogP contribution in [0.3, 0.4) is 0 Å². The second kappa shape index (κ2) is 9.66. The molecule has 2 aromatic heterocycles. The molecule has 33 heavy (non-hydrogen) atoms. The average molecular weight is 451 g/mol. The van der Waals surface area contributed by atoms with Gasteiger partial charge in [-0.05, 0) is 57.4 Å². The van der Waals surface area contributed by atoms with Crippen molar-refractivity contribution in [3.05, 3.63) is 58.7 Å². The van der Waals surface area contributed by atoms with E-state index in [2.05, 4.69) is 20.4 Å². The zero-order valence-electron chi connectivity index (χ0n) is 19.5. The number of hydrogen-bond donors (Lipinski definition) is 1. The molecule has 1 fully saturated rings. The number of rotatable bonds is 6. The van der Waals surface area contributed by atoms with E-state index in [1.165, 1.54) is 6.33 Å². The third-order valence-electron chi connectivity index (χ3n) is 5.99. The molecular formula is C24H30N6O3. The first kappa shape index (κ1) is 22.8. The molecule has 4 rings (SSSR count). The normalized spacial score (nSPS) is 18.5. The molecule has 0 radical (unpaired) electrons. The smallest absolute Gasteiger partial charge is 0.254 e. The van der Waals surface area contributed by atoms with Gasteiger partial charge in [0.2, 0.25) is 5.91 Å². The molecule has 2 amide bonds. The Hall–Kier alpha value is -3.33. The van der Waals surface area contributed by atoms with Crippen LogP contribution >= 0.6 is 0 Å². The van der Waals surface area contributed by atoms with Crippen molar-refractivity contribution in [3.63, 3.8) is 0 Å². The number of fused-ring (bicyclic) bond motifs is 1. The molecule has 2 atom stereocenters. The summed E-state index contributed by atoms with van der Waals surface area (Å²) < 4.78 is 7.40. The number of amides is 2. The minimum atomic E-state index is -0.0380. The van der Waals surface area contributed by atoms with Crippen LogP contribution in [-0.2, 0) is 22.5 Å². The third kappa shape index (κ3) is 5.19. The minimum absolute atomic E-state index is 0.0104. The first-order chi connectivity index (χ1) is 15.8. The van der Waals surface area contributed by atoms with Gasteiger partial charge in [0, 0.05) is 43.0 Å². The molecule has 0 saturated carbocycles. The van der Waals surface area contributed by atoms with Crippen LogP contribution in [0.4, 0.5) is 0 Å². The van der Waals surface area contributed by atoms with Crippen molar-refractivity contribution in [3.8, 4) is 0 Å². The lowest BCUT2D eigenvalue weighted by Gasteiger charge is -2.35. The van der Waals surface area contributed by atoms with Crippen LogP contribution in [0.2, 0.25) is 0 Å². The Labute approximate surface area is 193 Å². The number of carbonyl (C=O) groups excluding carboxylic acids is 2. The molecule has 0 spiro atoms. The number of morpholine rings is 1. The first-order valence-electron chi connectivity index (χ1n) is 11.3. The van der Waals surface area contributed by atoms with Gasteiger partial charge in [-0.2, -0.15) is 10.1 Å². The van der Waals surface area contributed by atoms with Gasteiger partial charge in [-0.1, -0.05) is 12.1 Å². The number of hydrogen-bond acceptors (Lipinski definition) is 6. The molecule has 2 unspecified atom stereocenters. The van der Waals surface area contributed by atoms with E-state index in [-0.39, 0.29) is 24.0 Å². The summed E-state index contributed by atoms with van der Waals surface area (Å²) >= 11 is 0. The molecule has 174 valence electrons. The van der Waals surface area contributed by atoms with Crippen LogP contribution in [0.15, 0.2) is 30.6 Å². The highest BCUT2D eigenvalue weighted by atomic mass is 16.5. The molecule has 1 saturated heterocycles. The number of carbonyl (C=O) groups is 2. The second-order valence-electron chi connectivity index (χ2n) is 8.67. The SMILES string of the molecule is Cc1nc2ncnn2c(C)c1CCC(=O)NCc1ccc(C(=O)N2CC(C)OC(C)C2)cc1. The Bertz CT molecular complexity index is 1150. The van der Waals surface area contributed by atoms with E-state index in [0.29, 0.717) is 43.8 Å². The molecule has 3 heterocycles. The number of nitrogens with one attached hydrogen (secondary N) is 1. The highest BCUT2D eigenvalue weighted by molar-refractivity contribution is 5.94. The van der Waals surface area contributed by atoms with Gasteiger partial charge in [0.25, 0.3) is 11.7 Å². The van der Waals surface area contributed by atoms with E-state index in [4.69, 9.17) is 4.74 Å². The first-order valence-corrected chi connectivity index (χ1v) is 11.3. The summed E-state index contributed by atoms with van der Waals surface area (Å²) in [7, 11) is 0. The van der Waals surface area contributed by atoms with E-state index in [1.54, 1.807) is 4.52 Å². The molecule has 1 aromatic carbocycles. The van der Waals surface area contributed by atoms with E-state index in [1.807, 2.05) is 56.9 Å². The predicted molar refractivity (Wildman–Crippen MR) is 123 cm³/mol. The Morgan fingerprint density at radius 3 is 2.52 bits per heavy atom. The zero-order chi connectivity index (χ0) is 23.5. The maximum Gasteiger partial charge on any atom is 0.254 e. The molecule has 3 aromatic rings. The van der Waals surface area contributed by atoms with Gasteiger partial charge >= 0.3 is 0 Å². The summed E-state index contributed by atoms with van der Waals surface area (Å²) in [5, 5.41) is 7.15. The Kier molecular flexibility index (Phi) is 6.69. The highest BCUT2D eigenvalue weighted by Crippen LogP contribution is 2.16. The lowest BCUT2D eigenvalue weighted by Crippen LogP contribution is -2.48. The number of nitrogens with zero attached hydrogens (tertiary/aromatic N) is 5. The molecular weight excluding hydrogens is 420 g/mol. The van der Waals surface area contributed by atoms with Gasteiger partial charge in [-0.25, -0.2) is 9.50 Å². The van der Waals surface area contributed by atoms with Crippen LogP contribution in [0.25, 0.3) is 5.78 Å². The maximum absolute atomic E-state index is 12.8. The number of aromatic nitrogens is 4. The zero-order valence-corrected chi connectivity index (χ0v) is 19.5. The van der Waals surface area contributed by atoms with E-state index >= 15 is 0 Å². The highest BCUT2D eigenvalue weighted by Gasteiger charge is 2.26. The fourth-order valence-electron chi connectivity index (χ4n) is 4.34. The summed E-state index contributed by atoms with van der Waals surface area (Å²) in [5.74, 6) is 0.540. The standard InChI is InChI=1S/C24H30N6O3/c1-15-12-29(13-16(2)33-15)23(32)20-7-5-19(6-8-20)11-25-22(31)10-9-21-17(3)28-24-26-14-27-30(24)18(21)4/h5-8,14-16H,9-13H2,1-4H3,(H,25,31). The molecule has 9 nitrogen and oxygen atoms in total. The Balaban J connectivity index is 1.30. The van der Waals surface area contributed by atoms with Crippen molar-refractivity contribution in [2.24, 2.45) is 0 Å². The quantitative estimate of drug-likeness (QED) is 0.618. The Morgan fingerprint density at radius 2 is 1.82 bits per heavy atom. The van der Waals surface area contributed by atoms with Crippen LogP contribution in [0.1, 0.15) is 53.1 Å². The lowest BCUT2D eigenvalue weighted by atomic mass is 10.1.